The van der Waals surface area contributed by atoms with E-state index in [9.17, 15) is 4.79 Å². The van der Waals surface area contributed by atoms with Gasteiger partial charge in [0.25, 0.3) is 5.56 Å². The summed E-state index contributed by atoms with van der Waals surface area (Å²) in [6.45, 7) is 0. The highest BCUT2D eigenvalue weighted by molar-refractivity contribution is 5.86. The number of hydrogen-bond donors (Lipinski definition) is 0. The van der Waals surface area contributed by atoms with Crippen molar-refractivity contribution in [2.24, 2.45) is 7.05 Å². The van der Waals surface area contributed by atoms with E-state index in [1.165, 1.54) is 0 Å². The molecule has 0 N–H and O–H groups in total. The number of hydrogen-bond acceptors (Lipinski definition) is 2. The van der Waals surface area contributed by atoms with Crippen molar-refractivity contribution in [3.63, 3.8) is 0 Å². The van der Waals surface area contributed by atoms with Crippen LogP contribution in [-0.4, -0.2) is 11.7 Å². The number of ether oxygens (including phenoxy) is 1. The third-order valence-electron chi connectivity index (χ3n) is 3.52. The molecule has 0 radical (unpaired) electrons. The molecule has 0 amide bonds. The van der Waals surface area contributed by atoms with E-state index in [4.69, 9.17) is 4.74 Å². The molecule has 3 aromatic rings. The summed E-state index contributed by atoms with van der Waals surface area (Å²) in [5.74, 6) is 0.696. The number of methoxy groups -OCH3 is 1. The van der Waals surface area contributed by atoms with Gasteiger partial charge < -0.3 is 9.30 Å². The van der Waals surface area contributed by atoms with Crippen LogP contribution in [0.15, 0.2) is 59.4 Å². The molecule has 3 nitrogen and oxygen atoms in total. The molecular weight excluding hydrogens is 250 g/mol. The Morgan fingerprint density at radius 2 is 1.75 bits per heavy atom. The molecule has 0 saturated heterocycles. The molecule has 0 aliphatic rings. The average molecular weight is 265 g/mol. The van der Waals surface area contributed by atoms with Crippen LogP contribution in [0.4, 0.5) is 0 Å². The van der Waals surface area contributed by atoms with Gasteiger partial charge in [-0.25, -0.2) is 0 Å². The minimum atomic E-state index is -0.0137. The van der Waals surface area contributed by atoms with E-state index >= 15 is 0 Å². The first-order valence-electron chi connectivity index (χ1n) is 6.44. The summed E-state index contributed by atoms with van der Waals surface area (Å²) < 4.78 is 6.86. The summed E-state index contributed by atoms with van der Waals surface area (Å²) in [6, 6.07) is 17.5. The molecule has 0 aliphatic carbocycles. The first-order chi connectivity index (χ1) is 9.70. The first-order valence-corrected chi connectivity index (χ1v) is 6.44. The van der Waals surface area contributed by atoms with Crippen molar-refractivity contribution in [3.8, 4) is 17.0 Å². The molecule has 0 aliphatic heterocycles. The van der Waals surface area contributed by atoms with Gasteiger partial charge in [0.15, 0.2) is 0 Å². The maximum atomic E-state index is 12.5. The van der Waals surface area contributed by atoms with Gasteiger partial charge >= 0.3 is 0 Å². The van der Waals surface area contributed by atoms with E-state index in [0.29, 0.717) is 11.1 Å². The van der Waals surface area contributed by atoms with Crippen molar-refractivity contribution in [2.75, 3.05) is 7.11 Å². The third kappa shape index (κ3) is 1.97. The smallest absolute Gasteiger partial charge is 0.258 e. The monoisotopic (exact) mass is 265 g/mol. The Balaban J connectivity index is 2.32. The number of benzene rings is 2. The minimum Gasteiger partial charge on any atom is -0.497 e. The van der Waals surface area contributed by atoms with Crippen molar-refractivity contribution >= 4 is 10.8 Å². The second-order valence-corrected chi connectivity index (χ2v) is 4.71. The summed E-state index contributed by atoms with van der Waals surface area (Å²) in [6.07, 6.45) is 0. The Bertz CT molecular complexity index is 820. The molecule has 0 fully saturated rings. The number of nitrogens with zero attached hydrogens (tertiary/aromatic N) is 1. The molecule has 0 atom stereocenters. The van der Waals surface area contributed by atoms with Gasteiger partial charge in [-0.3, -0.25) is 4.79 Å². The lowest BCUT2D eigenvalue weighted by atomic mass is 10.1. The molecule has 3 heteroatoms. The lowest BCUT2D eigenvalue weighted by molar-refractivity contribution is 0.415. The second kappa shape index (κ2) is 4.85. The summed E-state index contributed by atoms with van der Waals surface area (Å²) in [4.78, 5) is 12.5. The Morgan fingerprint density at radius 1 is 1.00 bits per heavy atom. The van der Waals surface area contributed by atoms with Crippen molar-refractivity contribution < 1.29 is 4.74 Å². The van der Waals surface area contributed by atoms with Crippen LogP contribution in [0.5, 0.6) is 5.75 Å². The van der Waals surface area contributed by atoms with Gasteiger partial charge in [-0.1, -0.05) is 36.4 Å². The van der Waals surface area contributed by atoms with Gasteiger partial charge in [0.05, 0.1) is 18.2 Å². The normalized spacial score (nSPS) is 10.7. The molecule has 0 unspecified atom stereocenters. The zero-order valence-electron chi connectivity index (χ0n) is 11.5. The Hall–Kier alpha value is -2.55. The first kappa shape index (κ1) is 12.5. The van der Waals surface area contributed by atoms with Gasteiger partial charge in [-0.15, -0.1) is 0 Å². The van der Waals surface area contributed by atoms with E-state index in [-0.39, 0.29) is 5.56 Å². The van der Waals surface area contributed by atoms with Crippen molar-refractivity contribution in [3.05, 3.63) is 65.0 Å². The molecular formula is C17H15NO2. The highest BCUT2D eigenvalue weighted by Crippen LogP contribution is 2.23. The second-order valence-electron chi connectivity index (χ2n) is 4.71. The van der Waals surface area contributed by atoms with Crippen LogP contribution in [0.3, 0.4) is 0 Å². The van der Waals surface area contributed by atoms with Crippen LogP contribution < -0.4 is 10.3 Å². The molecule has 1 aromatic heterocycles. The number of rotatable bonds is 2. The van der Waals surface area contributed by atoms with Gasteiger partial charge in [0.1, 0.15) is 5.75 Å². The van der Waals surface area contributed by atoms with E-state index in [0.717, 1.165) is 16.6 Å². The van der Waals surface area contributed by atoms with Crippen molar-refractivity contribution in [2.45, 2.75) is 0 Å². The molecule has 2 aromatic carbocycles. The van der Waals surface area contributed by atoms with Crippen LogP contribution in [-0.2, 0) is 7.05 Å². The number of aromatic nitrogens is 1. The number of pyridine rings is 1. The fourth-order valence-electron chi connectivity index (χ4n) is 2.39. The maximum Gasteiger partial charge on any atom is 0.258 e. The van der Waals surface area contributed by atoms with Crippen LogP contribution in [0.1, 0.15) is 0 Å². The average Bonchev–Trinajstić information content (AvgIpc) is 2.51. The topological polar surface area (TPSA) is 31.2 Å². The zero-order chi connectivity index (χ0) is 14.1. The predicted molar refractivity (Wildman–Crippen MR) is 81.2 cm³/mol. The van der Waals surface area contributed by atoms with Crippen LogP contribution in [0.25, 0.3) is 22.0 Å². The maximum absolute atomic E-state index is 12.5. The molecule has 0 bridgehead atoms. The summed E-state index contributed by atoms with van der Waals surface area (Å²) >= 11 is 0. The lowest BCUT2D eigenvalue weighted by Crippen LogP contribution is -2.18. The third-order valence-corrected chi connectivity index (χ3v) is 3.52. The summed E-state index contributed by atoms with van der Waals surface area (Å²) in [5.41, 5.74) is 1.93. The Morgan fingerprint density at radius 3 is 2.45 bits per heavy atom. The summed E-state index contributed by atoms with van der Waals surface area (Å²) in [7, 11) is 3.40. The van der Waals surface area contributed by atoms with Gasteiger partial charge in [-0.05, 0) is 29.1 Å². The molecule has 0 spiro atoms. The standard InChI is InChI=1S/C17H15NO2/c1-18-16(12-6-4-3-5-7-12)10-13-8-9-14(20-2)11-15(13)17(18)19/h3-11H,1-2H3. The SMILES string of the molecule is COc1ccc2cc(-c3ccccc3)n(C)c(=O)c2c1. The van der Waals surface area contributed by atoms with E-state index in [1.807, 2.05) is 48.5 Å². The van der Waals surface area contributed by atoms with Crippen molar-refractivity contribution in [1.29, 1.82) is 0 Å². The molecule has 100 valence electrons. The lowest BCUT2D eigenvalue weighted by Gasteiger charge is -2.11. The van der Waals surface area contributed by atoms with Crippen molar-refractivity contribution in [1.82, 2.24) is 4.57 Å². The largest absolute Gasteiger partial charge is 0.497 e. The molecule has 20 heavy (non-hydrogen) atoms. The van der Waals surface area contributed by atoms with E-state index in [1.54, 1.807) is 24.8 Å². The van der Waals surface area contributed by atoms with Gasteiger partial charge in [0, 0.05) is 7.05 Å². The van der Waals surface area contributed by atoms with E-state index in [2.05, 4.69) is 0 Å². The number of fused-ring (bicyclic) bond motifs is 1. The molecule has 3 rings (SSSR count). The predicted octanol–water partition coefficient (Wildman–Crippen LogP) is 3.21. The van der Waals surface area contributed by atoms with Gasteiger partial charge in [0.2, 0.25) is 0 Å². The van der Waals surface area contributed by atoms with E-state index < -0.39 is 0 Å². The Labute approximate surface area is 117 Å². The van der Waals surface area contributed by atoms with Crippen LogP contribution >= 0.6 is 0 Å². The highest BCUT2D eigenvalue weighted by Gasteiger charge is 2.08. The fourth-order valence-corrected chi connectivity index (χ4v) is 2.39. The fraction of sp³-hybridized carbons (Fsp3) is 0.118. The molecule has 0 saturated carbocycles. The molecule has 1 heterocycles. The van der Waals surface area contributed by atoms with Crippen LogP contribution in [0.2, 0.25) is 0 Å². The highest BCUT2D eigenvalue weighted by atomic mass is 16.5. The summed E-state index contributed by atoms with van der Waals surface area (Å²) in [5, 5.41) is 1.60. The minimum absolute atomic E-state index is 0.0137. The zero-order valence-corrected chi connectivity index (χ0v) is 11.5. The Kier molecular flexibility index (Phi) is 3.03. The quantitative estimate of drug-likeness (QED) is 0.712. The van der Waals surface area contributed by atoms with Gasteiger partial charge in [-0.2, -0.15) is 0 Å². The van der Waals surface area contributed by atoms with Crippen LogP contribution in [0, 0.1) is 0 Å².